The number of benzene rings is 1. The summed E-state index contributed by atoms with van der Waals surface area (Å²) < 4.78 is 27.9. The number of carbonyl (C=O) groups excluding carboxylic acids is 1. The first-order valence-electron chi connectivity index (χ1n) is 9.74. The van der Waals surface area contributed by atoms with E-state index in [4.69, 9.17) is 0 Å². The minimum absolute atomic E-state index is 0.0419. The Bertz CT molecular complexity index is 759. The summed E-state index contributed by atoms with van der Waals surface area (Å²) in [6, 6.07) is 3.67. The maximum absolute atomic E-state index is 13.2. The SMILES string of the molecule is Cc1cc(C)c(S(=O)(=O)N2CC[NH+]([C@H](C)C(=O)NCC(C)C)CC2)c(C)c1. The van der Waals surface area contributed by atoms with E-state index in [9.17, 15) is 13.2 Å². The topological polar surface area (TPSA) is 70.9 Å². The first-order chi connectivity index (χ1) is 12.5. The van der Waals surface area contributed by atoms with Crippen molar-refractivity contribution in [2.24, 2.45) is 5.92 Å². The van der Waals surface area contributed by atoms with Crippen molar-refractivity contribution >= 4 is 15.9 Å². The highest BCUT2D eigenvalue weighted by molar-refractivity contribution is 7.89. The van der Waals surface area contributed by atoms with Crippen molar-refractivity contribution in [3.8, 4) is 0 Å². The van der Waals surface area contributed by atoms with Crippen LogP contribution >= 0.6 is 0 Å². The fraction of sp³-hybridized carbons (Fsp3) is 0.650. The lowest BCUT2D eigenvalue weighted by atomic mass is 10.1. The first kappa shape index (κ1) is 21.9. The molecule has 0 saturated carbocycles. The van der Waals surface area contributed by atoms with Crippen molar-refractivity contribution < 1.29 is 18.1 Å². The second kappa shape index (κ2) is 8.71. The molecule has 6 nitrogen and oxygen atoms in total. The Morgan fingerprint density at radius 3 is 2.11 bits per heavy atom. The number of quaternary nitrogens is 1. The third-order valence-electron chi connectivity index (χ3n) is 5.26. The van der Waals surface area contributed by atoms with E-state index in [0.717, 1.165) is 21.6 Å². The first-order valence-corrected chi connectivity index (χ1v) is 11.2. The lowest BCUT2D eigenvalue weighted by Gasteiger charge is -2.34. The van der Waals surface area contributed by atoms with Gasteiger partial charge in [0.05, 0.1) is 31.1 Å². The van der Waals surface area contributed by atoms with Crippen LogP contribution in [0.1, 0.15) is 37.5 Å². The van der Waals surface area contributed by atoms with Crippen LogP contribution in [-0.4, -0.2) is 57.4 Å². The van der Waals surface area contributed by atoms with E-state index in [-0.39, 0.29) is 11.9 Å². The van der Waals surface area contributed by atoms with E-state index in [0.29, 0.717) is 43.5 Å². The van der Waals surface area contributed by atoms with Crippen LogP contribution in [0.3, 0.4) is 0 Å². The molecular formula is C20H34N3O3S+. The van der Waals surface area contributed by atoms with Crippen LogP contribution in [0.5, 0.6) is 0 Å². The van der Waals surface area contributed by atoms with Gasteiger partial charge in [-0.1, -0.05) is 31.5 Å². The summed E-state index contributed by atoms with van der Waals surface area (Å²) >= 11 is 0. The fourth-order valence-electron chi connectivity index (χ4n) is 3.79. The van der Waals surface area contributed by atoms with Gasteiger partial charge in [-0.2, -0.15) is 4.31 Å². The Balaban J connectivity index is 2.06. The summed E-state index contributed by atoms with van der Waals surface area (Å²) in [6.07, 6.45) is 0. The monoisotopic (exact) mass is 396 g/mol. The highest BCUT2D eigenvalue weighted by Gasteiger charge is 2.35. The van der Waals surface area contributed by atoms with Crippen molar-refractivity contribution in [3.05, 3.63) is 28.8 Å². The van der Waals surface area contributed by atoms with Crippen LogP contribution in [0.2, 0.25) is 0 Å². The Morgan fingerprint density at radius 1 is 1.11 bits per heavy atom. The summed E-state index contributed by atoms with van der Waals surface area (Å²) in [5.41, 5.74) is 2.66. The molecule has 27 heavy (non-hydrogen) atoms. The molecule has 1 aromatic rings. The van der Waals surface area contributed by atoms with Gasteiger partial charge in [-0.25, -0.2) is 8.42 Å². The summed E-state index contributed by atoms with van der Waals surface area (Å²) in [5.74, 6) is 0.458. The van der Waals surface area contributed by atoms with Crippen LogP contribution in [0, 0.1) is 26.7 Å². The van der Waals surface area contributed by atoms with Crippen LogP contribution in [-0.2, 0) is 14.8 Å². The number of rotatable bonds is 6. The number of nitrogens with one attached hydrogen (secondary N) is 2. The highest BCUT2D eigenvalue weighted by atomic mass is 32.2. The van der Waals surface area contributed by atoms with Crippen LogP contribution in [0.4, 0.5) is 0 Å². The Labute approximate surface area is 164 Å². The lowest BCUT2D eigenvalue weighted by Crippen LogP contribution is -3.19. The average Bonchev–Trinajstić information content (AvgIpc) is 2.57. The van der Waals surface area contributed by atoms with E-state index >= 15 is 0 Å². The van der Waals surface area contributed by atoms with Gasteiger partial charge in [-0.15, -0.1) is 0 Å². The Morgan fingerprint density at radius 2 is 1.63 bits per heavy atom. The average molecular weight is 397 g/mol. The molecular weight excluding hydrogens is 362 g/mol. The van der Waals surface area contributed by atoms with Crippen LogP contribution in [0.15, 0.2) is 17.0 Å². The van der Waals surface area contributed by atoms with Crippen molar-refractivity contribution in [3.63, 3.8) is 0 Å². The zero-order valence-electron chi connectivity index (χ0n) is 17.4. The molecule has 0 aromatic heterocycles. The normalized spacial score (nSPS) is 17.9. The minimum Gasteiger partial charge on any atom is -0.351 e. The number of sulfonamides is 1. The molecule has 1 atom stereocenters. The number of nitrogens with zero attached hydrogens (tertiary/aromatic N) is 1. The molecule has 0 unspecified atom stereocenters. The van der Waals surface area contributed by atoms with Gasteiger partial charge in [0.15, 0.2) is 6.04 Å². The van der Waals surface area contributed by atoms with Crippen molar-refractivity contribution in [2.45, 2.75) is 52.5 Å². The predicted octanol–water partition coefficient (Wildman–Crippen LogP) is 0.662. The van der Waals surface area contributed by atoms with E-state index in [1.807, 2.05) is 39.8 Å². The Kier molecular flexibility index (Phi) is 7.05. The van der Waals surface area contributed by atoms with Crippen LogP contribution in [0.25, 0.3) is 0 Å². The van der Waals surface area contributed by atoms with Crippen molar-refractivity contribution in [1.29, 1.82) is 0 Å². The number of aryl methyl sites for hydroxylation is 3. The molecule has 1 aliphatic rings. The molecule has 1 aromatic carbocycles. The Hall–Kier alpha value is -1.44. The van der Waals surface area contributed by atoms with Crippen molar-refractivity contribution in [2.75, 3.05) is 32.7 Å². The molecule has 1 aliphatic heterocycles. The van der Waals surface area contributed by atoms with E-state index in [2.05, 4.69) is 19.2 Å². The molecule has 1 amide bonds. The van der Waals surface area contributed by atoms with Gasteiger partial charge >= 0.3 is 0 Å². The summed E-state index contributed by atoms with van der Waals surface area (Å²) in [5, 5.41) is 2.98. The molecule has 1 heterocycles. The lowest BCUT2D eigenvalue weighted by molar-refractivity contribution is -0.917. The molecule has 2 N–H and O–H groups in total. The maximum atomic E-state index is 13.2. The van der Waals surface area contributed by atoms with Crippen molar-refractivity contribution in [1.82, 2.24) is 9.62 Å². The minimum atomic E-state index is -3.51. The second-order valence-corrected chi connectivity index (χ2v) is 10.0. The van der Waals surface area contributed by atoms with Gasteiger partial charge < -0.3 is 10.2 Å². The van der Waals surface area contributed by atoms with Gasteiger partial charge in [0.2, 0.25) is 10.0 Å². The van der Waals surface area contributed by atoms with Gasteiger partial charge in [-0.3, -0.25) is 4.79 Å². The van der Waals surface area contributed by atoms with E-state index in [1.54, 1.807) is 4.31 Å². The second-order valence-electron chi connectivity index (χ2n) is 8.15. The van der Waals surface area contributed by atoms with Gasteiger partial charge in [-0.05, 0) is 44.7 Å². The molecule has 1 fully saturated rings. The highest BCUT2D eigenvalue weighted by Crippen LogP contribution is 2.25. The number of amides is 1. The van der Waals surface area contributed by atoms with Gasteiger partial charge in [0.1, 0.15) is 0 Å². The number of hydrogen-bond donors (Lipinski definition) is 2. The van der Waals surface area contributed by atoms with Gasteiger partial charge in [0, 0.05) is 6.54 Å². The maximum Gasteiger partial charge on any atom is 0.278 e. The standard InChI is InChI=1S/C20H33N3O3S/c1-14(2)13-21-20(24)18(6)22-7-9-23(10-8-22)27(25,26)19-16(4)11-15(3)12-17(19)5/h11-12,14,18H,7-10,13H2,1-6H3,(H,21,24)/p+1/t18-/m1/s1. The number of hydrogen-bond acceptors (Lipinski definition) is 3. The summed E-state index contributed by atoms with van der Waals surface area (Å²) in [7, 11) is -3.51. The third-order valence-corrected chi connectivity index (χ3v) is 7.46. The van der Waals surface area contributed by atoms with Gasteiger partial charge in [0.25, 0.3) is 5.91 Å². The summed E-state index contributed by atoms with van der Waals surface area (Å²) in [6.45, 7) is 14.6. The quantitative estimate of drug-likeness (QED) is 0.742. The number of piperazine rings is 1. The zero-order valence-corrected chi connectivity index (χ0v) is 18.2. The molecule has 0 bridgehead atoms. The molecule has 0 aliphatic carbocycles. The molecule has 0 radical (unpaired) electrons. The van der Waals surface area contributed by atoms with E-state index in [1.165, 1.54) is 0 Å². The molecule has 0 spiro atoms. The largest absolute Gasteiger partial charge is 0.351 e. The molecule has 7 heteroatoms. The smallest absolute Gasteiger partial charge is 0.278 e. The molecule has 1 saturated heterocycles. The van der Waals surface area contributed by atoms with E-state index < -0.39 is 10.0 Å². The predicted molar refractivity (Wildman–Crippen MR) is 107 cm³/mol. The molecule has 2 rings (SSSR count). The molecule has 152 valence electrons. The van der Waals surface area contributed by atoms with Crippen LogP contribution < -0.4 is 10.2 Å². The summed E-state index contributed by atoms with van der Waals surface area (Å²) in [4.78, 5) is 13.9. The number of carbonyl (C=O) groups is 1. The zero-order chi connectivity index (χ0) is 20.4. The fourth-order valence-corrected chi connectivity index (χ4v) is 5.65. The third kappa shape index (κ3) is 5.09.